The highest BCUT2D eigenvalue weighted by Crippen LogP contribution is 2.40. The number of halogens is 4. The molecule has 1 amide bonds. The molecule has 0 saturated heterocycles. The summed E-state index contributed by atoms with van der Waals surface area (Å²) in [5, 5.41) is 6.86. The van der Waals surface area contributed by atoms with E-state index in [1.165, 1.54) is 6.07 Å². The summed E-state index contributed by atoms with van der Waals surface area (Å²) in [4.78, 5) is 17.3. The Labute approximate surface area is 170 Å². The molecule has 154 valence electrons. The SMILES string of the molecule is Cc1noc2nc(C3CC3)cc(C(=O)Nc3cc(CN)cc(C(F)(F)F)c3)c12.Cl. The van der Waals surface area contributed by atoms with Crippen LogP contribution in [0.4, 0.5) is 18.9 Å². The molecule has 0 aliphatic heterocycles. The molecule has 0 spiro atoms. The minimum Gasteiger partial charge on any atom is -0.336 e. The molecule has 0 radical (unpaired) electrons. The largest absolute Gasteiger partial charge is 0.416 e. The number of nitrogens with zero attached hydrogens (tertiary/aromatic N) is 2. The van der Waals surface area contributed by atoms with Gasteiger partial charge in [0.25, 0.3) is 11.6 Å². The van der Waals surface area contributed by atoms with Gasteiger partial charge in [0.2, 0.25) is 0 Å². The van der Waals surface area contributed by atoms with Gasteiger partial charge in [-0.3, -0.25) is 4.79 Å². The van der Waals surface area contributed by atoms with Gasteiger partial charge in [-0.15, -0.1) is 12.4 Å². The third-order valence-electron chi connectivity index (χ3n) is 4.69. The van der Waals surface area contributed by atoms with Gasteiger partial charge >= 0.3 is 6.18 Å². The van der Waals surface area contributed by atoms with Crippen LogP contribution >= 0.6 is 12.4 Å². The monoisotopic (exact) mass is 426 g/mol. The fourth-order valence-corrected chi connectivity index (χ4v) is 3.13. The molecule has 1 aromatic carbocycles. The van der Waals surface area contributed by atoms with Gasteiger partial charge in [0.15, 0.2) is 0 Å². The number of aryl methyl sites for hydroxylation is 1. The van der Waals surface area contributed by atoms with Crippen molar-refractivity contribution in [2.24, 2.45) is 5.73 Å². The standard InChI is InChI=1S/C19H17F3N4O2.ClH/c1-9-16-14(7-15(11-2-3-11)25-18(16)28-26-9)17(27)24-13-5-10(8-23)4-12(6-13)19(20,21)22;/h4-7,11H,2-3,8,23H2,1H3,(H,24,27);1H. The van der Waals surface area contributed by atoms with E-state index in [2.05, 4.69) is 15.5 Å². The summed E-state index contributed by atoms with van der Waals surface area (Å²) < 4.78 is 44.6. The van der Waals surface area contributed by atoms with E-state index in [0.29, 0.717) is 11.1 Å². The molecule has 10 heteroatoms. The number of anilines is 1. The second-order valence-electron chi connectivity index (χ2n) is 6.89. The molecule has 1 saturated carbocycles. The van der Waals surface area contributed by atoms with Gasteiger partial charge in [0, 0.05) is 23.8 Å². The second kappa shape index (κ2) is 7.64. The average molecular weight is 427 g/mol. The first-order valence-corrected chi connectivity index (χ1v) is 8.75. The molecule has 1 aliphatic rings. The van der Waals surface area contributed by atoms with E-state index in [-0.39, 0.29) is 47.4 Å². The molecule has 2 heterocycles. The molecular formula is C19H18ClF3N4O2. The van der Waals surface area contributed by atoms with Gasteiger partial charge in [-0.1, -0.05) is 5.16 Å². The lowest BCUT2D eigenvalue weighted by Crippen LogP contribution is -2.15. The minimum atomic E-state index is -4.54. The van der Waals surface area contributed by atoms with Crippen LogP contribution in [-0.4, -0.2) is 16.0 Å². The Hall–Kier alpha value is -2.65. The Morgan fingerprint density at radius 2 is 2.00 bits per heavy atom. The number of alkyl halides is 3. The number of fused-ring (bicyclic) bond motifs is 1. The lowest BCUT2D eigenvalue weighted by Gasteiger charge is -2.13. The Balaban J connectivity index is 0.00000240. The molecule has 29 heavy (non-hydrogen) atoms. The van der Waals surface area contributed by atoms with Crippen molar-refractivity contribution in [2.75, 3.05) is 5.32 Å². The molecule has 3 N–H and O–H groups in total. The zero-order valence-corrected chi connectivity index (χ0v) is 16.2. The first kappa shape index (κ1) is 21.1. The van der Waals surface area contributed by atoms with Crippen molar-refractivity contribution < 1.29 is 22.5 Å². The zero-order chi connectivity index (χ0) is 20.1. The molecule has 6 nitrogen and oxygen atoms in total. The van der Waals surface area contributed by atoms with Crippen LogP contribution in [0.3, 0.4) is 0 Å². The highest BCUT2D eigenvalue weighted by Gasteiger charge is 2.32. The summed E-state index contributed by atoms with van der Waals surface area (Å²) in [6, 6.07) is 4.94. The van der Waals surface area contributed by atoms with Crippen molar-refractivity contribution in [2.45, 2.75) is 38.4 Å². The van der Waals surface area contributed by atoms with E-state index in [9.17, 15) is 18.0 Å². The van der Waals surface area contributed by atoms with E-state index in [1.54, 1.807) is 13.0 Å². The zero-order valence-electron chi connectivity index (χ0n) is 15.3. The molecule has 2 aromatic heterocycles. The molecule has 0 bridgehead atoms. The molecule has 0 atom stereocenters. The lowest BCUT2D eigenvalue weighted by atomic mass is 10.1. The Bertz CT molecular complexity index is 1080. The number of hydrogen-bond acceptors (Lipinski definition) is 5. The third kappa shape index (κ3) is 4.20. The van der Waals surface area contributed by atoms with Gasteiger partial charge in [-0.05, 0) is 49.6 Å². The maximum Gasteiger partial charge on any atom is 0.416 e. The number of benzene rings is 1. The van der Waals surface area contributed by atoms with E-state index in [0.717, 1.165) is 30.7 Å². The van der Waals surface area contributed by atoms with Gasteiger partial charge in [0.05, 0.1) is 22.2 Å². The fraction of sp³-hybridized carbons (Fsp3) is 0.316. The predicted molar refractivity (Wildman–Crippen MR) is 103 cm³/mol. The highest BCUT2D eigenvalue weighted by molar-refractivity contribution is 6.12. The average Bonchev–Trinajstić information content (AvgIpc) is 3.43. The van der Waals surface area contributed by atoms with Crippen molar-refractivity contribution in [3.63, 3.8) is 0 Å². The van der Waals surface area contributed by atoms with Crippen LogP contribution in [0.5, 0.6) is 0 Å². The Kier molecular flexibility index (Phi) is 5.55. The summed E-state index contributed by atoms with van der Waals surface area (Å²) in [7, 11) is 0. The number of carbonyl (C=O) groups excluding carboxylic acids is 1. The number of carbonyl (C=O) groups is 1. The van der Waals surface area contributed by atoms with E-state index < -0.39 is 17.6 Å². The van der Waals surface area contributed by atoms with Crippen molar-refractivity contribution in [1.29, 1.82) is 0 Å². The number of hydrogen-bond donors (Lipinski definition) is 2. The van der Waals surface area contributed by atoms with Crippen molar-refractivity contribution in [3.8, 4) is 0 Å². The van der Waals surface area contributed by atoms with Crippen LogP contribution in [0, 0.1) is 6.92 Å². The Morgan fingerprint density at radius 1 is 1.28 bits per heavy atom. The van der Waals surface area contributed by atoms with E-state index in [1.807, 2.05) is 0 Å². The van der Waals surface area contributed by atoms with Gasteiger partial charge in [-0.2, -0.15) is 13.2 Å². The topological polar surface area (TPSA) is 94.0 Å². The number of pyridine rings is 1. The predicted octanol–water partition coefficient (Wildman–Crippen LogP) is 4.56. The summed E-state index contributed by atoms with van der Waals surface area (Å²) in [6.45, 7) is 1.60. The van der Waals surface area contributed by atoms with Crippen LogP contribution < -0.4 is 11.1 Å². The van der Waals surface area contributed by atoms with Crippen LogP contribution in [0.25, 0.3) is 11.1 Å². The number of rotatable bonds is 4. The van der Waals surface area contributed by atoms with Gasteiger partial charge in [-0.25, -0.2) is 4.98 Å². The van der Waals surface area contributed by atoms with Crippen molar-refractivity contribution in [3.05, 3.63) is 52.3 Å². The maximum absolute atomic E-state index is 13.1. The number of aromatic nitrogens is 2. The van der Waals surface area contributed by atoms with Crippen LogP contribution in [0.15, 0.2) is 28.8 Å². The number of nitrogens with one attached hydrogen (secondary N) is 1. The summed E-state index contributed by atoms with van der Waals surface area (Å²) in [6.07, 6.45) is -2.60. The molecular weight excluding hydrogens is 409 g/mol. The fourth-order valence-electron chi connectivity index (χ4n) is 3.13. The van der Waals surface area contributed by atoms with E-state index >= 15 is 0 Å². The summed E-state index contributed by atoms with van der Waals surface area (Å²) in [5.41, 5.74) is 6.66. The lowest BCUT2D eigenvalue weighted by molar-refractivity contribution is -0.137. The van der Waals surface area contributed by atoms with Crippen molar-refractivity contribution in [1.82, 2.24) is 10.1 Å². The van der Waals surface area contributed by atoms with Crippen LogP contribution in [0.2, 0.25) is 0 Å². The first-order valence-electron chi connectivity index (χ1n) is 8.75. The van der Waals surface area contributed by atoms with Crippen LogP contribution in [-0.2, 0) is 12.7 Å². The van der Waals surface area contributed by atoms with E-state index in [4.69, 9.17) is 10.3 Å². The third-order valence-corrected chi connectivity index (χ3v) is 4.69. The highest BCUT2D eigenvalue weighted by atomic mass is 35.5. The molecule has 4 rings (SSSR count). The smallest absolute Gasteiger partial charge is 0.336 e. The minimum absolute atomic E-state index is 0. The first-order chi connectivity index (χ1) is 13.3. The van der Waals surface area contributed by atoms with Gasteiger partial charge < -0.3 is 15.6 Å². The van der Waals surface area contributed by atoms with Crippen LogP contribution in [0.1, 0.15) is 51.6 Å². The van der Waals surface area contributed by atoms with Crippen molar-refractivity contribution >= 4 is 35.1 Å². The Morgan fingerprint density at radius 3 is 2.62 bits per heavy atom. The quantitative estimate of drug-likeness (QED) is 0.637. The summed E-state index contributed by atoms with van der Waals surface area (Å²) >= 11 is 0. The molecule has 1 fully saturated rings. The number of amides is 1. The number of nitrogens with two attached hydrogens (primary N) is 1. The molecule has 3 aromatic rings. The second-order valence-corrected chi connectivity index (χ2v) is 6.89. The van der Waals surface area contributed by atoms with Gasteiger partial charge in [0.1, 0.15) is 0 Å². The molecule has 1 aliphatic carbocycles. The maximum atomic E-state index is 13.1. The normalized spacial score (nSPS) is 14.0. The molecule has 0 unspecified atom stereocenters. The summed E-state index contributed by atoms with van der Waals surface area (Å²) in [5.74, 6) is -0.290.